The molecule has 37 heavy (non-hydrogen) atoms. The molecule has 2 aromatic heterocycles. The largest absolute Gasteiger partial charge is 0.494 e. The van der Waals surface area contributed by atoms with Gasteiger partial charge in [-0.25, -0.2) is 14.4 Å². The number of morpholine rings is 1. The second kappa shape index (κ2) is 11.9. The molecule has 192 valence electrons. The second-order valence-electron chi connectivity index (χ2n) is 8.96. The van der Waals surface area contributed by atoms with Gasteiger partial charge in [0.05, 0.1) is 25.4 Å². The predicted octanol–water partition coefficient (Wildman–Crippen LogP) is 3.84. The first-order valence-corrected chi connectivity index (χ1v) is 12.6. The van der Waals surface area contributed by atoms with Crippen LogP contribution in [-0.4, -0.2) is 71.8 Å². The molecular formula is C28H30FN5O3. The minimum atomic E-state index is -0.320. The zero-order valence-corrected chi connectivity index (χ0v) is 20.6. The van der Waals surface area contributed by atoms with E-state index in [2.05, 4.69) is 25.2 Å². The van der Waals surface area contributed by atoms with Crippen molar-refractivity contribution in [3.63, 3.8) is 0 Å². The van der Waals surface area contributed by atoms with Crippen LogP contribution in [0.1, 0.15) is 22.3 Å². The van der Waals surface area contributed by atoms with E-state index in [1.807, 2.05) is 24.3 Å². The van der Waals surface area contributed by atoms with Gasteiger partial charge in [-0.05, 0) is 60.9 Å². The molecule has 2 aromatic carbocycles. The lowest BCUT2D eigenvalue weighted by Gasteiger charge is -2.26. The van der Waals surface area contributed by atoms with E-state index in [0.717, 1.165) is 50.6 Å². The fourth-order valence-corrected chi connectivity index (χ4v) is 4.35. The van der Waals surface area contributed by atoms with Gasteiger partial charge in [0, 0.05) is 37.9 Å². The van der Waals surface area contributed by atoms with Crippen LogP contribution in [0, 0.1) is 5.82 Å². The Morgan fingerprint density at radius 1 is 1.14 bits per heavy atom. The summed E-state index contributed by atoms with van der Waals surface area (Å²) >= 11 is 0. The molecule has 1 aliphatic rings. The molecule has 5 rings (SSSR count). The molecule has 0 bridgehead atoms. The summed E-state index contributed by atoms with van der Waals surface area (Å²) in [5, 5.41) is 2.98. The first-order valence-electron chi connectivity index (χ1n) is 12.6. The maximum atomic E-state index is 13.3. The molecule has 0 unspecified atom stereocenters. The number of imidazole rings is 1. The van der Waals surface area contributed by atoms with Crippen LogP contribution >= 0.6 is 0 Å². The van der Waals surface area contributed by atoms with Crippen LogP contribution in [-0.2, 0) is 11.2 Å². The van der Waals surface area contributed by atoms with Crippen LogP contribution in [0.4, 0.5) is 4.39 Å². The van der Waals surface area contributed by atoms with E-state index in [1.165, 1.54) is 12.1 Å². The van der Waals surface area contributed by atoms with E-state index in [1.54, 1.807) is 24.4 Å². The summed E-state index contributed by atoms with van der Waals surface area (Å²) in [6.07, 6.45) is 3.22. The highest BCUT2D eigenvalue weighted by Gasteiger charge is 2.15. The fourth-order valence-electron chi connectivity index (χ4n) is 4.35. The summed E-state index contributed by atoms with van der Waals surface area (Å²) in [6.45, 7) is 5.74. The Labute approximate surface area is 214 Å². The number of fused-ring (bicyclic) bond motifs is 1. The maximum Gasteiger partial charge on any atom is 0.253 e. The number of hydrogen-bond donors (Lipinski definition) is 2. The van der Waals surface area contributed by atoms with E-state index in [9.17, 15) is 9.18 Å². The SMILES string of the molecule is O=C(NCCc1cccc(OCCCN2CCOCC2)c1)c1ccnc2[nH]c(-c3ccc(F)cc3)nc12. The van der Waals surface area contributed by atoms with Crippen molar-refractivity contribution in [2.24, 2.45) is 0 Å². The molecular weight excluding hydrogens is 473 g/mol. The first-order chi connectivity index (χ1) is 18.2. The molecule has 0 atom stereocenters. The van der Waals surface area contributed by atoms with Gasteiger partial charge in [0.2, 0.25) is 0 Å². The normalized spacial score (nSPS) is 14.1. The molecule has 0 radical (unpaired) electrons. The zero-order valence-electron chi connectivity index (χ0n) is 20.6. The van der Waals surface area contributed by atoms with Gasteiger partial charge < -0.3 is 19.8 Å². The predicted molar refractivity (Wildman–Crippen MR) is 139 cm³/mol. The molecule has 0 saturated carbocycles. The molecule has 0 spiro atoms. The first kappa shape index (κ1) is 24.9. The van der Waals surface area contributed by atoms with Gasteiger partial charge in [0.15, 0.2) is 5.65 Å². The summed E-state index contributed by atoms with van der Waals surface area (Å²) < 4.78 is 24.6. The molecule has 1 fully saturated rings. The highest BCUT2D eigenvalue weighted by molar-refractivity contribution is 6.04. The van der Waals surface area contributed by atoms with Crippen LogP contribution in [0.5, 0.6) is 5.75 Å². The third-order valence-electron chi connectivity index (χ3n) is 6.34. The second-order valence-corrected chi connectivity index (χ2v) is 8.96. The molecule has 4 aromatic rings. The van der Waals surface area contributed by atoms with E-state index < -0.39 is 0 Å². The van der Waals surface area contributed by atoms with Crippen molar-refractivity contribution >= 4 is 17.1 Å². The average Bonchev–Trinajstić information content (AvgIpc) is 3.37. The zero-order chi connectivity index (χ0) is 25.5. The monoisotopic (exact) mass is 503 g/mol. The number of ether oxygens (including phenoxy) is 2. The molecule has 2 N–H and O–H groups in total. The van der Waals surface area contributed by atoms with Crippen LogP contribution in [0.2, 0.25) is 0 Å². The number of benzene rings is 2. The lowest BCUT2D eigenvalue weighted by atomic mass is 10.1. The number of nitrogens with one attached hydrogen (secondary N) is 2. The van der Waals surface area contributed by atoms with Gasteiger partial charge in [-0.1, -0.05) is 12.1 Å². The summed E-state index contributed by atoms with van der Waals surface area (Å²) in [4.78, 5) is 27.3. The van der Waals surface area contributed by atoms with Crippen molar-refractivity contribution < 1.29 is 18.7 Å². The van der Waals surface area contributed by atoms with Crippen molar-refractivity contribution in [1.29, 1.82) is 0 Å². The number of amides is 1. The summed E-state index contributed by atoms with van der Waals surface area (Å²) in [5.41, 5.74) is 3.22. The highest BCUT2D eigenvalue weighted by Crippen LogP contribution is 2.22. The van der Waals surface area contributed by atoms with Gasteiger partial charge in [0.1, 0.15) is 22.9 Å². The summed E-state index contributed by atoms with van der Waals surface area (Å²) in [7, 11) is 0. The number of H-pyrrole nitrogens is 1. The molecule has 0 aliphatic carbocycles. The molecule has 3 heterocycles. The van der Waals surface area contributed by atoms with E-state index in [4.69, 9.17) is 9.47 Å². The van der Waals surface area contributed by atoms with Gasteiger partial charge in [-0.15, -0.1) is 0 Å². The number of rotatable bonds is 10. The number of pyridine rings is 1. The molecule has 1 saturated heterocycles. The van der Waals surface area contributed by atoms with Crippen molar-refractivity contribution in [1.82, 2.24) is 25.2 Å². The number of halogens is 1. The standard InChI is InChI=1S/C28H30FN5O3/c29-22-7-5-21(6-8-22)26-32-25-24(10-12-30-27(25)33-26)28(35)31-11-9-20-3-1-4-23(19-20)37-16-2-13-34-14-17-36-18-15-34/h1,3-8,10,12,19H,2,9,11,13-18H2,(H,31,35)(H,30,32,33). The van der Waals surface area contributed by atoms with Gasteiger partial charge >= 0.3 is 0 Å². The molecule has 1 amide bonds. The summed E-state index contributed by atoms with van der Waals surface area (Å²) in [5.74, 6) is 0.829. The van der Waals surface area contributed by atoms with E-state index in [-0.39, 0.29) is 11.7 Å². The Morgan fingerprint density at radius 2 is 1.97 bits per heavy atom. The fraction of sp³-hybridized carbons (Fsp3) is 0.321. The minimum absolute atomic E-state index is 0.222. The number of aromatic nitrogens is 3. The lowest BCUT2D eigenvalue weighted by molar-refractivity contribution is 0.0358. The van der Waals surface area contributed by atoms with Gasteiger partial charge in [-0.2, -0.15) is 0 Å². The van der Waals surface area contributed by atoms with E-state index >= 15 is 0 Å². The maximum absolute atomic E-state index is 13.3. The number of carbonyl (C=O) groups is 1. The third-order valence-corrected chi connectivity index (χ3v) is 6.34. The van der Waals surface area contributed by atoms with Crippen molar-refractivity contribution in [3.8, 4) is 17.1 Å². The molecule has 9 heteroatoms. The smallest absolute Gasteiger partial charge is 0.253 e. The van der Waals surface area contributed by atoms with Crippen LogP contribution in [0.3, 0.4) is 0 Å². The minimum Gasteiger partial charge on any atom is -0.494 e. The Hall–Kier alpha value is -3.82. The lowest BCUT2D eigenvalue weighted by Crippen LogP contribution is -2.37. The van der Waals surface area contributed by atoms with Crippen LogP contribution in [0.25, 0.3) is 22.6 Å². The van der Waals surface area contributed by atoms with Crippen LogP contribution in [0.15, 0.2) is 60.8 Å². The van der Waals surface area contributed by atoms with E-state index in [0.29, 0.717) is 47.7 Å². The van der Waals surface area contributed by atoms with Gasteiger partial charge in [0.25, 0.3) is 5.91 Å². The van der Waals surface area contributed by atoms with Crippen molar-refractivity contribution in [2.75, 3.05) is 46.0 Å². The molecule has 8 nitrogen and oxygen atoms in total. The number of hydrogen-bond acceptors (Lipinski definition) is 6. The quantitative estimate of drug-likeness (QED) is 0.320. The highest BCUT2D eigenvalue weighted by atomic mass is 19.1. The topological polar surface area (TPSA) is 92.4 Å². The third kappa shape index (κ3) is 6.49. The number of carbonyl (C=O) groups excluding carboxylic acids is 1. The molecule has 1 aliphatic heterocycles. The Kier molecular flexibility index (Phi) is 8.02. The van der Waals surface area contributed by atoms with Crippen LogP contribution < -0.4 is 10.1 Å². The van der Waals surface area contributed by atoms with Crippen molar-refractivity contribution in [2.45, 2.75) is 12.8 Å². The summed E-state index contributed by atoms with van der Waals surface area (Å²) in [6, 6.07) is 15.6. The van der Waals surface area contributed by atoms with Gasteiger partial charge in [-0.3, -0.25) is 9.69 Å². The Balaban J connectivity index is 1.13. The van der Waals surface area contributed by atoms with Crippen molar-refractivity contribution in [3.05, 3.63) is 77.7 Å². The number of nitrogens with zero attached hydrogens (tertiary/aromatic N) is 3. The Morgan fingerprint density at radius 3 is 2.81 bits per heavy atom. The number of aromatic amines is 1. The average molecular weight is 504 g/mol. The Bertz CT molecular complexity index is 1340.